The molecule has 15 atom stereocenters. The Morgan fingerprint density at radius 2 is 1.13 bits per heavy atom. The number of hydrogen-bond acceptors (Lipinski definition) is 22. The van der Waals surface area contributed by atoms with Crippen LogP contribution >= 0.6 is 25.3 Å². The van der Waals surface area contributed by atoms with Crippen molar-refractivity contribution in [2.45, 2.75) is 202 Å². The van der Waals surface area contributed by atoms with Crippen LogP contribution in [-0.2, 0) is 102 Å². The van der Waals surface area contributed by atoms with Crippen LogP contribution in [0.15, 0.2) is 97.6 Å². The standard InChI is InChI=1S/C77H104N18O20S2/c1-5-40(2)63(77(114)115)94-73(110)58(38-117)92-70(107)54(31-44-20-22-47(97)23-21-44)87-66(103)50(18-11-12-28-78)85-71(108)55(32-45-34-80-49-17-10-9-16-48(45)49)89-69(106)53(30-43-14-7-6-8-15-43)88-72(109)57(37-116)91-68(105)52(25-27-62(100)101)86-74(111)59-19-13-29-95(59)76(113)41(3)83-75(112)64(42(4)96)93-61(99)36-81-65(102)56(33-46-35-79-39-82-46)90-67(104)51-24-26-60(98)84-51/h6-10,14-17,20-23,34-35,39-42,50-59,63-64,80,96-97,116-117H,5,11-13,18-19,24-33,36-38,78H2,1-4H3,(H,79,82)(H,81,102)(H,83,112)(H,84,98)(H,85,108)(H,86,111)(H,87,103)(H,88,109)(H,89,106)(H,90,104)(H,91,105)(H,92,107)(H,93,99)(H,94,110)(H,100,101)(H,114,115)/t40-,41-,42+,50-,51-,52-,53-,54-,55-,56-,57-,58-,59-,63-,64-/m0/s1. The van der Waals surface area contributed by atoms with E-state index < -0.39 is 204 Å². The molecule has 2 fully saturated rings. The highest BCUT2D eigenvalue weighted by Gasteiger charge is 2.42. The van der Waals surface area contributed by atoms with Crippen molar-refractivity contribution in [3.8, 4) is 5.75 Å². The topological polar surface area (TPSA) is 584 Å². The number of hydrogen-bond donors (Lipinski definition) is 22. The lowest BCUT2D eigenvalue weighted by Crippen LogP contribution is -2.61. The Labute approximate surface area is 684 Å². The van der Waals surface area contributed by atoms with Gasteiger partial charge in [-0.1, -0.05) is 80.9 Å². The van der Waals surface area contributed by atoms with E-state index >= 15 is 9.59 Å². The van der Waals surface area contributed by atoms with E-state index in [1.807, 2.05) is 0 Å². The number of thiol groups is 2. The second-order valence-electron chi connectivity index (χ2n) is 28.8. The average molecular weight is 1670 g/mol. The number of carbonyl (C=O) groups excluding carboxylic acids is 14. The molecule has 21 N–H and O–H groups in total. The zero-order chi connectivity index (χ0) is 85.6. The molecule has 2 saturated heterocycles. The van der Waals surface area contributed by atoms with E-state index in [1.165, 1.54) is 50.6 Å². The fourth-order valence-corrected chi connectivity index (χ4v) is 13.7. The summed E-state index contributed by atoms with van der Waals surface area (Å²) >= 11 is 8.63. The van der Waals surface area contributed by atoms with Gasteiger partial charge in [0.25, 0.3) is 0 Å². The van der Waals surface area contributed by atoms with Crippen LogP contribution in [0, 0.1) is 5.92 Å². The first-order valence-corrected chi connectivity index (χ1v) is 39.7. The highest BCUT2D eigenvalue weighted by molar-refractivity contribution is 7.80. The summed E-state index contributed by atoms with van der Waals surface area (Å²) in [5, 5.41) is 74.3. The van der Waals surface area contributed by atoms with Crippen molar-refractivity contribution in [1.82, 2.24) is 89.0 Å². The molecule has 2 aromatic heterocycles. The van der Waals surface area contributed by atoms with E-state index in [9.17, 15) is 87.5 Å². The average Bonchev–Trinajstić information content (AvgIpc) is 1.71. The molecule has 4 heterocycles. The number of fused-ring (bicyclic) bond motifs is 1. The van der Waals surface area contributed by atoms with Gasteiger partial charge in [0.1, 0.15) is 84.3 Å². The fourth-order valence-electron chi connectivity index (χ4n) is 13.1. The first kappa shape index (κ1) is 92.5. The van der Waals surface area contributed by atoms with Gasteiger partial charge in [-0.25, -0.2) is 9.78 Å². The number of imidazole rings is 1. The number of amides is 14. The number of aromatic hydroxyl groups is 1. The molecule has 3 aromatic carbocycles. The molecule has 5 aromatic rings. The number of unbranched alkanes of at least 4 members (excludes halogenated alkanes) is 1. The number of nitrogens with one attached hydrogen (secondary N) is 15. The van der Waals surface area contributed by atoms with E-state index in [0.717, 1.165) is 4.90 Å². The Bertz CT molecular complexity index is 4310. The number of aliphatic hydroxyl groups excluding tert-OH is 1. The SMILES string of the molecule is CC[C@H](C)[C@H](NC(=O)[C@H](CS)NC(=O)[C@H](Cc1ccc(O)cc1)NC(=O)[C@H](CCCCN)NC(=O)[C@H](Cc1c[nH]c2ccccc12)NC(=O)[C@H](Cc1ccccc1)NC(=O)[C@H](CS)NC(=O)[C@H](CCC(=O)O)NC(=O)[C@@H]1CCCN1C(=O)[C@H](C)NC(=O)[C@@H](NC(=O)CNC(=O)[C@H](Cc1cnc[nH]1)NC(=O)[C@@H]1CCC(=O)N1)[C@@H](C)O)C(=O)O. The Morgan fingerprint density at radius 3 is 1.69 bits per heavy atom. The minimum atomic E-state index is -1.72. The lowest BCUT2D eigenvalue weighted by Gasteiger charge is -2.30. The van der Waals surface area contributed by atoms with Crippen molar-refractivity contribution in [3.63, 3.8) is 0 Å². The van der Waals surface area contributed by atoms with E-state index in [4.69, 9.17) is 5.73 Å². The number of phenols is 1. The summed E-state index contributed by atoms with van der Waals surface area (Å²) in [5.41, 5.74) is 8.45. The highest BCUT2D eigenvalue weighted by atomic mass is 32.1. The molecule has 38 nitrogen and oxygen atoms in total. The summed E-state index contributed by atoms with van der Waals surface area (Å²) in [7, 11) is 0. The summed E-state index contributed by atoms with van der Waals surface area (Å²) in [5.74, 6) is -16.4. The molecule has 0 spiro atoms. The zero-order valence-corrected chi connectivity index (χ0v) is 66.8. The third-order valence-electron chi connectivity index (χ3n) is 19.9. The minimum absolute atomic E-state index is 0.0130. The quantitative estimate of drug-likeness (QED) is 0.0136. The van der Waals surface area contributed by atoms with Crippen molar-refractivity contribution in [2.24, 2.45) is 11.7 Å². The number of likely N-dealkylation sites (tertiary alicyclic amines) is 1. The van der Waals surface area contributed by atoms with Gasteiger partial charge in [-0.2, -0.15) is 25.3 Å². The number of benzene rings is 3. The molecular formula is C77H104N18O20S2. The van der Waals surface area contributed by atoms with Gasteiger partial charge in [-0.3, -0.25) is 71.9 Å². The second-order valence-corrected chi connectivity index (χ2v) is 29.5. The minimum Gasteiger partial charge on any atom is -0.508 e. The first-order valence-electron chi connectivity index (χ1n) is 38.4. The number of nitrogens with zero attached hydrogens (tertiary/aromatic N) is 2. The molecule has 0 saturated carbocycles. The Hall–Kier alpha value is -11.6. The zero-order valence-electron chi connectivity index (χ0n) is 65.0. The number of aromatic nitrogens is 3. The van der Waals surface area contributed by atoms with Gasteiger partial charge in [0.2, 0.25) is 82.7 Å². The largest absolute Gasteiger partial charge is 0.508 e. The number of aliphatic hydroxyl groups is 1. The van der Waals surface area contributed by atoms with Crippen LogP contribution in [0.4, 0.5) is 0 Å². The lowest BCUT2D eigenvalue weighted by atomic mass is 9.99. The summed E-state index contributed by atoms with van der Waals surface area (Å²) in [4.78, 5) is 231. The van der Waals surface area contributed by atoms with Crippen molar-refractivity contribution >= 4 is 131 Å². The monoisotopic (exact) mass is 1660 g/mol. The van der Waals surface area contributed by atoms with Gasteiger partial charge in [0.05, 0.1) is 19.0 Å². The number of H-pyrrole nitrogens is 2. The number of carboxylic acids is 2. The maximum atomic E-state index is 15.2. The molecule has 634 valence electrons. The molecule has 40 heteroatoms. The van der Waals surface area contributed by atoms with Crippen LogP contribution in [0.5, 0.6) is 5.75 Å². The summed E-state index contributed by atoms with van der Waals surface area (Å²) in [6.07, 6.45) is 2.17. The predicted molar refractivity (Wildman–Crippen MR) is 428 cm³/mol. The Morgan fingerprint density at radius 1 is 0.581 bits per heavy atom. The lowest BCUT2D eigenvalue weighted by molar-refractivity contribution is -0.143. The number of aromatic amines is 2. The Balaban J connectivity index is 1.05. The highest BCUT2D eigenvalue weighted by Crippen LogP contribution is 2.23. The molecule has 2 aliphatic rings. The van der Waals surface area contributed by atoms with Crippen LogP contribution < -0.4 is 74.9 Å². The van der Waals surface area contributed by atoms with Crippen molar-refractivity contribution in [1.29, 1.82) is 0 Å². The number of phenolic OH excluding ortho intramolecular Hbond substituents is 1. The van der Waals surface area contributed by atoms with Crippen LogP contribution in [-0.4, -0.2) is 251 Å². The number of carbonyl (C=O) groups is 16. The van der Waals surface area contributed by atoms with Gasteiger partial charge in [0, 0.05) is 85.6 Å². The maximum absolute atomic E-state index is 15.2. The number of carboxylic acid groups (broad SMARTS) is 2. The Kier molecular flexibility index (Phi) is 36.1. The van der Waals surface area contributed by atoms with Gasteiger partial charge in [-0.15, -0.1) is 0 Å². The van der Waals surface area contributed by atoms with Crippen LogP contribution in [0.3, 0.4) is 0 Å². The molecular weight excluding hydrogens is 1560 g/mol. The summed E-state index contributed by atoms with van der Waals surface area (Å²) < 4.78 is 0. The molecule has 117 heavy (non-hydrogen) atoms. The molecule has 0 aliphatic carbocycles. The number of para-hydroxylation sites is 1. The van der Waals surface area contributed by atoms with Gasteiger partial charge < -0.3 is 110 Å². The number of rotatable bonds is 46. The van der Waals surface area contributed by atoms with Gasteiger partial charge >= 0.3 is 11.9 Å². The van der Waals surface area contributed by atoms with Crippen molar-refractivity contribution in [2.75, 3.05) is 31.1 Å². The molecule has 2 aliphatic heterocycles. The molecule has 0 bridgehead atoms. The van der Waals surface area contributed by atoms with Crippen LogP contribution in [0.2, 0.25) is 0 Å². The third kappa shape index (κ3) is 28.1. The molecule has 7 rings (SSSR count). The maximum Gasteiger partial charge on any atom is 0.326 e. The predicted octanol–water partition coefficient (Wildman–Crippen LogP) is -3.03. The number of nitrogens with two attached hydrogens (primary N) is 1. The van der Waals surface area contributed by atoms with Crippen molar-refractivity contribution < 1.29 is 97.1 Å². The fraction of sp³-hybridized carbons (Fsp3) is 0.494. The van der Waals surface area contributed by atoms with E-state index in [-0.39, 0.29) is 94.7 Å². The third-order valence-corrected chi connectivity index (χ3v) is 20.7. The first-order chi connectivity index (χ1) is 55.8. The molecule has 14 amide bonds. The van der Waals surface area contributed by atoms with Gasteiger partial charge in [0.15, 0.2) is 0 Å². The van der Waals surface area contributed by atoms with E-state index in [0.29, 0.717) is 46.1 Å². The molecule has 0 radical (unpaired) electrons. The van der Waals surface area contributed by atoms with Crippen LogP contribution in [0.25, 0.3) is 10.9 Å². The van der Waals surface area contributed by atoms with Crippen molar-refractivity contribution in [3.05, 3.63) is 120 Å². The van der Waals surface area contributed by atoms with Crippen LogP contribution in [0.1, 0.15) is 114 Å². The number of aliphatic carboxylic acids is 2. The van der Waals surface area contributed by atoms with E-state index in [2.05, 4.69) is 109 Å². The normalized spacial score (nSPS) is 17.1. The molecule has 0 unspecified atom stereocenters. The summed E-state index contributed by atoms with van der Waals surface area (Å²) in [6.45, 7) is 5.17. The smallest absolute Gasteiger partial charge is 0.326 e. The summed E-state index contributed by atoms with van der Waals surface area (Å²) in [6, 6.07) is 2.30. The second kappa shape index (κ2) is 45.6. The van der Waals surface area contributed by atoms with E-state index in [1.54, 1.807) is 74.6 Å². The van der Waals surface area contributed by atoms with Gasteiger partial charge in [-0.05, 0) is 106 Å².